The zero-order valence-corrected chi connectivity index (χ0v) is 28.9. The van der Waals surface area contributed by atoms with Crippen LogP contribution in [0, 0.1) is 0 Å². The molecule has 1 fully saturated rings. The van der Waals surface area contributed by atoms with Gasteiger partial charge >= 0.3 is 5.97 Å². The highest BCUT2D eigenvalue weighted by Gasteiger charge is 2.52. The molecule has 1 amide bonds. The molecule has 252 valence electrons. The van der Waals surface area contributed by atoms with Crippen molar-refractivity contribution in [3.8, 4) is 0 Å². The monoisotopic (exact) mass is 612 g/mol. The Morgan fingerprint density at radius 3 is 1.41 bits per heavy atom. The van der Waals surface area contributed by atoms with Gasteiger partial charge in [-0.25, -0.2) is 4.79 Å². The highest BCUT2D eigenvalue weighted by atomic mass is 16.5. The summed E-state index contributed by atoms with van der Waals surface area (Å²) in [4.78, 5) is 25.0. The van der Waals surface area contributed by atoms with Crippen LogP contribution in [0.15, 0.2) is 48.6 Å². The first-order valence-corrected chi connectivity index (χ1v) is 18.7. The number of ether oxygens (including phenoxy) is 1. The second kappa shape index (κ2) is 29.6. The highest BCUT2D eigenvalue weighted by molar-refractivity contribution is 5.90. The average molecular weight is 612 g/mol. The maximum Gasteiger partial charge on any atom is 0.331 e. The van der Waals surface area contributed by atoms with E-state index in [0.717, 1.165) is 44.9 Å². The minimum absolute atomic E-state index is 0.00106. The maximum absolute atomic E-state index is 12.6. The lowest BCUT2D eigenvalue weighted by Gasteiger charge is -2.16. The van der Waals surface area contributed by atoms with Crippen LogP contribution >= 0.6 is 0 Å². The van der Waals surface area contributed by atoms with Crippen LogP contribution in [0.25, 0.3) is 0 Å². The second-order valence-corrected chi connectivity index (χ2v) is 12.8. The molecule has 0 unspecified atom stereocenters. The van der Waals surface area contributed by atoms with Crippen molar-refractivity contribution in [1.82, 2.24) is 5.32 Å². The summed E-state index contributed by atoms with van der Waals surface area (Å²) in [6.45, 7) is 4.96. The van der Waals surface area contributed by atoms with Gasteiger partial charge in [0.05, 0.1) is 6.61 Å². The lowest BCUT2D eigenvalue weighted by molar-refractivity contribution is -0.149. The molecule has 4 heteroatoms. The molecule has 0 aromatic carbocycles. The van der Waals surface area contributed by atoms with Crippen molar-refractivity contribution < 1.29 is 14.3 Å². The average Bonchev–Trinajstić information content (AvgIpc) is 3.81. The molecule has 1 aliphatic rings. The summed E-state index contributed by atoms with van der Waals surface area (Å²) in [6.07, 6.45) is 47.5. The van der Waals surface area contributed by atoms with E-state index in [2.05, 4.69) is 67.8 Å². The third-order valence-corrected chi connectivity index (χ3v) is 8.45. The molecule has 44 heavy (non-hydrogen) atoms. The van der Waals surface area contributed by atoms with Gasteiger partial charge in [0, 0.05) is 6.42 Å². The quantitative estimate of drug-likeness (QED) is 0.0482. The summed E-state index contributed by atoms with van der Waals surface area (Å²) in [5.74, 6) is -0.229. The Kier molecular flexibility index (Phi) is 26.9. The van der Waals surface area contributed by atoms with E-state index in [4.69, 9.17) is 4.74 Å². The summed E-state index contributed by atoms with van der Waals surface area (Å²) < 4.78 is 5.54. The van der Waals surface area contributed by atoms with Crippen LogP contribution in [-0.2, 0) is 14.3 Å². The third-order valence-electron chi connectivity index (χ3n) is 8.45. The van der Waals surface area contributed by atoms with Crippen LogP contribution in [0.2, 0.25) is 0 Å². The molecule has 0 atom stereocenters. The number of rotatable bonds is 31. The van der Waals surface area contributed by atoms with E-state index in [0.29, 0.717) is 25.9 Å². The Morgan fingerprint density at radius 1 is 0.545 bits per heavy atom. The van der Waals surface area contributed by atoms with E-state index in [1.54, 1.807) is 0 Å². The second-order valence-electron chi connectivity index (χ2n) is 12.8. The molecule has 1 aliphatic carbocycles. The predicted molar refractivity (Wildman–Crippen MR) is 190 cm³/mol. The standard InChI is InChI=1S/C40H69NO3/c1-3-5-7-9-11-13-15-17-19-21-23-25-27-29-31-33-37-44-39(43)40(35-36-40)41-38(42)34-32-30-28-26-24-22-20-18-16-14-12-10-8-6-4-2/h11-14,17-20H,3-10,15-16,21-37H2,1-2H3,(H,41,42)/b13-11-,14-12-,19-17-,20-18-. The fraction of sp³-hybridized carbons (Fsp3) is 0.750. The first kappa shape index (κ1) is 39.9. The van der Waals surface area contributed by atoms with Crippen LogP contribution in [0.5, 0.6) is 0 Å². The molecular weight excluding hydrogens is 542 g/mol. The van der Waals surface area contributed by atoms with Crippen LogP contribution < -0.4 is 5.32 Å². The van der Waals surface area contributed by atoms with Crippen molar-refractivity contribution in [3.63, 3.8) is 0 Å². The van der Waals surface area contributed by atoms with Crippen LogP contribution in [-0.4, -0.2) is 24.0 Å². The molecule has 0 aromatic rings. The molecule has 1 rings (SSSR count). The summed E-state index contributed by atoms with van der Waals surface area (Å²) in [5, 5.41) is 2.99. The number of carbonyl (C=O) groups is 2. The molecule has 0 saturated heterocycles. The molecule has 0 aliphatic heterocycles. The van der Waals surface area contributed by atoms with Crippen LogP contribution in [0.1, 0.15) is 181 Å². The number of hydrogen-bond donors (Lipinski definition) is 1. The van der Waals surface area contributed by atoms with Gasteiger partial charge in [0.15, 0.2) is 0 Å². The lowest BCUT2D eigenvalue weighted by Crippen LogP contribution is -2.44. The summed E-state index contributed by atoms with van der Waals surface area (Å²) in [5.41, 5.74) is -0.730. The van der Waals surface area contributed by atoms with Crippen LogP contribution in [0.3, 0.4) is 0 Å². The van der Waals surface area contributed by atoms with E-state index in [9.17, 15) is 9.59 Å². The van der Waals surface area contributed by atoms with Gasteiger partial charge in [-0.15, -0.1) is 0 Å². The van der Waals surface area contributed by atoms with Crippen molar-refractivity contribution in [2.75, 3.05) is 6.61 Å². The van der Waals surface area contributed by atoms with E-state index in [-0.39, 0.29) is 11.9 Å². The first-order valence-electron chi connectivity index (χ1n) is 18.7. The topological polar surface area (TPSA) is 55.4 Å². The van der Waals surface area contributed by atoms with Gasteiger partial charge in [-0.05, 0) is 89.9 Å². The first-order chi connectivity index (χ1) is 21.6. The minimum atomic E-state index is -0.730. The molecule has 0 radical (unpaired) electrons. The Labute approximate surface area is 272 Å². The lowest BCUT2D eigenvalue weighted by atomic mass is 10.1. The van der Waals surface area contributed by atoms with Gasteiger partial charge in [0.1, 0.15) is 5.54 Å². The number of nitrogens with one attached hydrogen (secondary N) is 1. The van der Waals surface area contributed by atoms with E-state index < -0.39 is 5.54 Å². The normalized spacial score (nSPS) is 14.4. The molecule has 1 saturated carbocycles. The number of amides is 1. The van der Waals surface area contributed by atoms with Crippen LogP contribution in [0.4, 0.5) is 0 Å². The summed E-state index contributed by atoms with van der Waals surface area (Å²) in [6, 6.07) is 0. The van der Waals surface area contributed by atoms with Gasteiger partial charge in [-0.3, -0.25) is 4.79 Å². The fourth-order valence-electron chi connectivity index (χ4n) is 5.32. The zero-order valence-electron chi connectivity index (χ0n) is 28.9. The zero-order chi connectivity index (χ0) is 31.8. The molecule has 1 N–H and O–H groups in total. The molecule has 0 spiro atoms. The number of hydrogen-bond acceptors (Lipinski definition) is 3. The third kappa shape index (κ3) is 24.2. The van der Waals surface area contributed by atoms with Gasteiger partial charge in [-0.2, -0.15) is 0 Å². The van der Waals surface area contributed by atoms with Crippen molar-refractivity contribution in [1.29, 1.82) is 0 Å². The Hall–Kier alpha value is -2.10. The molecule has 0 bridgehead atoms. The fourth-order valence-corrected chi connectivity index (χ4v) is 5.32. The summed E-state index contributed by atoms with van der Waals surface area (Å²) in [7, 11) is 0. The van der Waals surface area contributed by atoms with Crippen molar-refractivity contribution in [2.24, 2.45) is 0 Å². The van der Waals surface area contributed by atoms with Gasteiger partial charge in [-0.1, -0.05) is 133 Å². The maximum atomic E-state index is 12.6. The largest absolute Gasteiger partial charge is 0.464 e. The Balaban J connectivity index is 1.92. The number of esters is 1. The van der Waals surface area contributed by atoms with E-state index >= 15 is 0 Å². The van der Waals surface area contributed by atoms with Crippen molar-refractivity contribution >= 4 is 11.9 Å². The molecule has 4 nitrogen and oxygen atoms in total. The highest BCUT2D eigenvalue weighted by Crippen LogP contribution is 2.37. The number of carbonyl (C=O) groups excluding carboxylic acids is 2. The van der Waals surface area contributed by atoms with Crippen molar-refractivity contribution in [2.45, 2.75) is 186 Å². The van der Waals surface area contributed by atoms with E-state index in [1.165, 1.54) is 103 Å². The molecule has 0 aromatic heterocycles. The predicted octanol–water partition coefficient (Wildman–Crippen LogP) is 11.8. The minimum Gasteiger partial charge on any atom is -0.464 e. The Morgan fingerprint density at radius 2 is 0.955 bits per heavy atom. The number of unbranched alkanes of at least 4 members (excludes halogenated alkanes) is 17. The summed E-state index contributed by atoms with van der Waals surface area (Å²) >= 11 is 0. The van der Waals surface area contributed by atoms with Crippen molar-refractivity contribution in [3.05, 3.63) is 48.6 Å². The van der Waals surface area contributed by atoms with E-state index in [1.807, 2.05) is 0 Å². The van der Waals surface area contributed by atoms with Gasteiger partial charge < -0.3 is 10.1 Å². The van der Waals surface area contributed by atoms with Gasteiger partial charge in [0.2, 0.25) is 5.91 Å². The molecular formula is C40H69NO3. The SMILES string of the molecule is CCCCC/C=C\C/C=C\CCCCCCCCOC(=O)C1(NC(=O)CCCCCCC/C=C\C/C=C\CCCCC)CC1. The Bertz CT molecular complexity index is 805. The smallest absolute Gasteiger partial charge is 0.331 e. The molecule has 0 heterocycles. The number of allylic oxidation sites excluding steroid dienone is 8. The van der Waals surface area contributed by atoms with Gasteiger partial charge in [0.25, 0.3) is 0 Å².